The van der Waals surface area contributed by atoms with Crippen LogP contribution in [0.2, 0.25) is 0 Å². The Morgan fingerprint density at radius 2 is 2.13 bits per heavy atom. The van der Waals surface area contributed by atoms with Gasteiger partial charge in [-0.3, -0.25) is 9.69 Å². The van der Waals surface area contributed by atoms with Gasteiger partial charge in [-0.05, 0) is 42.2 Å². The standard InChI is InChI=1S/C23H24N4O3/c1-30-23(29)17-4-2-3-15(9-17)11-26-12-16-10-18(14-26)20-6-5-19(21-24-7-8-25-21)22(28)27(20)13-16/h2-9,16,18H,10-14H2,1H3,(H,24,25)/t16-,18+/m0/s1. The maximum Gasteiger partial charge on any atom is 0.337 e. The highest BCUT2D eigenvalue weighted by molar-refractivity contribution is 5.89. The van der Waals surface area contributed by atoms with Crippen LogP contribution in [0.1, 0.15) is 34.0 Å². The fourth-order valence-corrected chi connectivity index (χ4v) is 4.94. The number of carbonyl (C=O) groups is 1. The maximum absolute atomic E-state index is 13.1. The van der Waals surface area contributed by atoms with Crippen molar-refractivity contribution in [3.05, 3.63) is 76.0 Å². The van der Waals surface area contributed by atoms with Crippen molar-refractivity contribution in [2.45, 2.75) is 25.4 Å². The molecule has 0 amide bonds. The summed E-state index contributed by atoms with van der Waals surface area (Å²) in [6.07, 6.45) is 4.51. The van der Waals surface area contributed by atoms with Gasteiger partial charge in [0.15, 0.2) is 0 Å². The molecule has 2 bridgehead atoms. The number of pyridine rings is 1. The number of ether oxygens (including phenoxy) is 1. The third kappa shape index (κ3) is 3.35. The number of fused-ring (bicyclic) bond motifs is 4. The van der Waals surface area contributed by atoms with Crippen molar-refractivity contribution < 1.29 is 9.53 Å². The molecule has 0 spiro atoms. The number of rotatable bonds is 4. The molecule has 2 aliphatic heterocycles. The molecule has 154 valence electrons. The number of piperidine rings is 1. The summed E-state index contributed by atoms with van der Waals surface area (Å²) in [5.74, 6) is 1.08. The molecule has 2 atom stereocenters. The van der Waals surface area contributed by atoms with Crippen molar-refractivity contribution in [2.75, 3.05) is 20.2 Å². The lowest BCUT2D eigenvalue weighted by Crippen LogP contribution is -2.47. The molecule has 4 heterocycles. The Kier molecular flexibility index (Phi) is 4.75. The van der Waals surface area contributed by atoms with E-state index in [1.54, 1.807) is 18.5 Å². The number of likely N-dealkylation sites (tertiary alicyclic amines) is 1. The minimum absolute atomic E-state index is 0.0383. The second kappa shape index (κ2) is 7.57. The summed E-state index contributed by atoms with van der Waals surface area (Å²) < 4.78 is 6.79. The lowest BCUT2D eigenvalue weighted by atomic mass is 9.82. The van der Waals surface area contributed by atoms with E-state index in [9.17, 15) is 9.59 Å². The van der Waals surface area contributed by atoms with Gasteiger partial charge in [-0.1, -0.05) is 12.1 Å². The van der Waals surface area contributed by atoms with Gasteiger partial charge in [0.2, 0.25) is 0 Å². The number of nitrogens with zero attached hydrogens (tertiary/aromatic N) is 3. The van der Waals surface area contributed by atoms with Crippen LogP contribution >= 0.6 is 0 Å². The van der Waals surface area contributed by atoms with Gasteiger partial charge >= 0.3 is 5.97 Å². The van der Waals surface area contributed by atoms with Gasteiger partial charge in [0.25, 0.3) is 5.56 Å². The van der Waals surface area contributed by atoms with Crippen molar-refractivity contribution >= 4 is 5.97 Å². The number of methoxy groups -OCH3 is 1. The van der Waals surface area contributed by atoms with Crippen LogP contribution in [0.5, 0.6) is 0 Å². The van der Waals surface area contributed by atoms with E-state index in [2.05, 4.69) is 20.9 Å². The van der Waals surface area contributed by atoms with Crippen LogP contribution in [0.25, 0.3) is 11.4 Å². The van der Waals surface area contributed by atoms with Crippen LogP contribution < -0.4 is 5.56 Å². The molecular weight excluding hydrogens is 380 g/mol. The van der Waals surface area contributed by atoms with Crippen molar-refractivity contribution in [3.63, 3.8) is 0 Å². The zero-order valence-corrected chi connectivity index (χ0v) is 16.9. The molecule has 1 N–H and O–H groups in total. The van der Waals surface area contributed by atoms with Gasteiger partial charge in [0, 0.05) is 50.2 Å². The van der Waals surface area contributed by atoms with Crippen molar-refractivity contribution in [2.24, 2.45) is 5.92 Å². The maximum atomic E-state index is 13.1. The Morgan fingerprint density at radius 3 is 2.93 bits per heavy atom. The Balaban J connectivity index is 1.38. The molecule has 0 aliphatic carbocycles. The molecule has 2 aromatic heterocycles. The molecule has 7 heteroatoms. The number of H-pyrrole nitrogens is 1. The topological polar surface area (TPSA) is 80.2 Å². The lowest BCUT2D eigenvalue weighted by molar-refractivity contribution is 0.0600. The van der Waals surface area contributed by atoms with E-state index in [-0.39, 0.29) is 11.5 Å². The smallest absolute Gasteiger partial charge is 0.337 e. The quantitative estimate of drug-likeness (QED) is 0.676. The molecule has 5 rings (SSSR count). The van der Waals surface area contributed by atoms with Gasteiger partial charge in [-0.15, -0.1) is 0 Å². The number of aromatic nitrogens is 3. The van der Waals surface area contributed by atoms with E-state index in [0.717, 1.165) is 43.9 Å². The molecule has 3 aromatic rings. The zero-order valence-electron chi connectivity index (χ0n) is 16.9. The molecule has 2 aliphatic rings. The average Bonchev–Trinajstić information content (AvgIpc) is 3.29. The molecule has 1 aromatic carbocycles. The summed E-state index contributed by atoms with van der Waals surface area (Å²) in [5, 5.41) is 0. The van der Waals surface area contributed by atoms with Crippen LogP contribution in [-0.2, 0) is 17.8 Å². The molecule has 0 unspecified atom stereocenters. The second-order valence-corrected chi connectivity index (χ2v) is 8.21. The summed E-state index contributed by atoms with van der Waals surface area (Å²) in [6, 6.07) is 11.6. The van der Waals surface area contributed by atoms with Crippen LogP contribution in [0.15, 0.2) is 53.6 Å². The van der Waals surface area contributed by atoms with Crippen LogP contribution in [0.3, 0.4) is 0 Å². The highest BCUT2D eigenvalue weighted by atomic mass is 16.5. The Labute approximate surface area is 174 Å². The van der Waals surface area contributed by atoms with E-state index < -0.39 is 0 Å². The fourth-order valence-electron chi connectivity index (χ4n) is 4.94. The second-order valence-electron chi connectivity index (χ2n) is 8.21. The molecule has 0 radical (unpaired) electrons. The minimum Gasteiger partial charge on any atom is -0.465 e. The predicted octanol–water partition coefficient (Wildman–Crippen LogP) is 2.64. The van der Waals surface area contributed by atoms with E-state index in [1.165, 1.54) is 7.11 Å². The summed E-state index contributed by atoms with van der Waals surface area (Å²) in [6.45, 7) is 3.36. The van der Waals surface area contributed by atoms with Crippen molar-refractivity contribution in [1.29, 1.82) is 0 Å². The van der Waals surface area contributed by atoms with Crippen LogP contribution in [-0.4, -0.2) is 45.6 Å². The summed E-state index contributed by atoms with van der Waals surface area (Å²) >= 11 is 0. The van der Waals surface area contributed by atoms with Gasteiger partial charge in [0.1, 0.15) is 5.82 Å². The molecule has 0 saturated carbocycles. The number of nitrogens with one attached hydrogen (secondary N) is 1. The lowest BCUT2D eigenvalue weighted by Gasteiger charge is -2.43. The summed E-state index contributed by atoms with van der Waals surface area (Å²) in [5.41, 5.74) is 3.45. The monoisotopic (exact) mass is 404 g/mol. The summed E-state index contributed by atoms with van der Waals surface area (Å²) in [7, 11) is 1.40. The van der Waals surface area contributed by atoms with E-state index in [4.69, 9.17) is 4.74 Å². The first-order chi connectivity index (χ1) is 14.6. The van der Waals surface area contributed by atoms with Gasteiger partial charge in [-0.2, -0.15) is 0 Å². The van der Waals surface area contributed by atoms with Crippen LogP contribution in [0, 0.1) is 5.92 Å². The normalized spacial score (nSPS) is 20.6. The Bertz CT molecular complexity index is 1140. The SMILES string of the molecule is COC(=O)c1cccc(CN2C[C@@H]3C[C@H](C2)c2ccc(-c4ncc[nH]4)c(=O)n2C3)c1. The first-order valence-electron chi connectivity index (χ1n) is 10.3. The number of imidazole rings is 1. The molecular formula is C23H24N4O3. The average molecular weight is 404 g/mol. The number of carbonyl (C=O) groups excluding carboxylic acids is 1. The molecule has 1 saturated heterocycles. The third-order valence-corrected chi connectivity index (χ3v) is 6.19. The summed E-state index contributed by atoms with van der Waals surface area (Å²) in [4.78, 5) is 34.6. The number of aromatic amines is 1. The van der Waals surface area contributed by atoms with Gasteiger partial charge in [0.05, 0.1) is 18.2 Å². The molecule has 30 heavy (non-hydrogen) atoms. The first kappa shape index (κ1) is 18.8. The van der Waals surface area contributed by atoms with Crippen molar-refractivity contribution in [1.82, 2.24) is 19.4 Å². The van der Waals surface area contributed by atoms with Gasteiger partial charge < -0.3 is 14.3 Å². The van der Waals surface area contributed by atoms with E-state index >= 15 is 0 Å². The molecule has 7 nitrogen and oxygen atoms in total. The predicted molar refractivity (Wildman–Crippen MR) is 112 cm³/mol. The Hall–Kier alpha value is -3.19. The number of benzene rings is 1. The Morgan fingerprint density at radius 1 is 1.23 bits per heavy atom. The number of hydrogen-bond acceptors (Lipinski definition) is 5. The van der Waals surface area contributed by atoms with Gasteiger partial charge in [-0.25, -0.2) is 9.78 Å². The van der Waals surface area contributed by atoms with E-state index in [0.29, 0.717) is 28.8 Å². The molecule has 1 fully saturated rings. The number of esters is 1. The van der Waals surface area contributed by atoms with Crippen molar-refractivity contribution in [3.8, 4) is 11.4 Å². The zero-order chi connectivity index (χ0) is 20.7. The largest absolute Gasteiger partial charge is 0.465 e. The fraction of sp³-hybridized carbons (Fsp3) is 0.348. The first-order valence-corrected chi connectivity index (χ1v) is 10.3. The highest BCUT2D eigenvalue weighted by Crippen LogP contribution is 2.36. The third-order valence-electron chi connectivity index (χ3n) is 6.19. The number of hydrogen-bond donors (Lipinski definition) is 1. The van der Waals surface area contributed by atoms with E-state index in [1.807, 2.05) is 28.8 Å². The minimum atomic E-state index is -0.312. The van der Waals surface area contributed by atoms with Crippen LogP contribution in [0.4, 0.5) is 0 Å². The highest BCUT2D eigenvalue weighted by Gasteiger charge is 2.35.